The Labute approximate surface area is 131 Å². The lowest BCUT2D eigenvalue weighted by Crippen LogP contribution is -2.44. The van der Waals surface area contributed by atoms with E-state index in [9.17, 15) is 8.42 Å². The van der Waals surface area contributed by atoms with Crippen LogP contribution in [0.5, 0.6) is 0 Å². The summed E-state index contributed by atoms with van der Waals surface area (Å²) in [7, 11) is -3.46. The molecule has 2 rings (SSSR count). The van der Waals surface area contributed by atoms with Gasteiger partial charge >= 0.3 is 0 Å². The van der Waals surface area contributed by atoms with E-state index in [4.69, 9.17) is 0 Å². The van der Waals surface area contributed by atoms with Gasteiger partial charge in [-0.25, -0.2) is 13.4 Å². The maximum atomic E-state index is 12.6. The summed E-state index contributed by atoms with van der Waals surface area (Å²) >= 11 is 1.80. The third-order valence-corrected chi connectivity index (χ3v) is 6.55. The van der Waals surface area contributed by atoms with Crippen molar-refractivity contribution in [3.05, 3.63) is 23.9 Å². The molecule has 21 heavy (non-hydrogen) atoms. The van der Waals surface area contributed by atoms with Crippen molar-refractivity contribution in [2.75, 3.05) is 24.6 Å². The summed E-state index contributed by atoms with van der Waals surface area (Å²) in [6.45, 7) is 6.29. The van der Waals surface area contributed by atoms with E-state index in [1.54, 1.807) is 28.3 Å². The van der Waals surface area contributed by atoms with Gasteiger partial charge in [-0.15, -0.1) is 0 Å². The second-order valence-corrected chi connectivity index (χ2v) is 8.21. The maximum Gasteiger partial charge on any atom is 0.260 e. The first-order valence-corrected chi connectivity index (χ1v) is 9.90. The number of sulfonamides is 1. The predicted octanol–water partition coefficient (Wildman–Crippen LogP) is 1.71. The molecule has 118 valence electrons. The van der Waals surface area contributed by atoms with E-state index in [-0.39, 0.29) is 11.1 Å². The van der Waals surface area contributed by atoms with Crippen LogP contribution in [0.2, 0.25) is 0 Å². The van der Waals surface area contributed by atoms with Gasteiger partial charge in [-0.2, -0.15) is 16.1 Å². The monoisotopic (exact) mass is 329 g/mol. The van der Waals surface area contributed by atoms with Gasteiger partial charge in [0.25, 0.3) is 10.0 Å². The van der Waals surface area contributed by atoms with Gasteiger partial charge in [-0.05, 0) is 31.5 Å². The Bertz CT molecular complexity index is 546. The number of nitrogens with one attached hydrogen (secondary N) is 1. The van der Waals surface area contributed by atoms with E-state index >= 15 is 0 Å². The van der Waals surface area contributed by atoms with Crippen LogP contribution in [-0.4, -0.2) is 48.3 Å². The Morgan fingerprint density at radius 1 is 1.48 bits per heavy atom. The number of rotatable bonds is 6. The maximum absolute atomic E-state index is 12.6. The Hall–Kier alpha value is -0.630. The third-order valence-electron chi connectivity index (χ3n) is 3.43. The zero-order valence-corrected chi connectivity index (χ0v) is 14.2. The fourth-order valence-electron chi connectivity index (χ4n) is 2.27. The fourth-order valence-corrected chi connectivity index (χ4v) is 5.04. The number of thioether (sulfide) groups is 1. The first kappa shape index (κ1) is 16.7. The normalized spacial score (nSPS) is 20.6. The second kappa shape index (κ2) is 7.58. The van der Waals surface area contributed by atoms with Crippen LogP contribution in [-0.2, 0) is 16.6 Å². The Morgan fingerprint density at radius 3 is 2.90 bits per heavy atom. The second-order valence-electron chi connectivity index (χ2n) is 5.22. The molecule has 1 aromatic rings. The van der Waals surface area contributed by atoms with Crippen molar-refractivity contribution in [2.24, 2.45) is 0 Å². The summed E-state index contributed by atoms with van der Waals surface area (Å²) in [6, 6.07) is 3.49. The van der Waals surface area contributed by atoms with E-state index in [0.29, 0.717) is 6.54 Å². The Balaban J connectivity index is 2.09. The zero-order valence-electron chi connectivity index (χ0n) is 12.6. The minimum atomic E-state index is -3.46. The lowest BCUT2D eigenvalue weighted by molar-refractivity contribution is 0.366. The van der Waals surface area contributed by atoms with Crippen molar-refractivity contribution in [2.45, 2.75) is 37.9 Å². The highest BCUT2D eigenvalue weighted by molar-refractivity contribution is 7.99. The SMILES string of the molecule is CCCNCc1ccc(S(=O)(=O)N2CCSCC2C)nc1. The van der Waals surface area contributed by atoms with E-state index < -0.39 is 10.0 Å². The first-order valence-electron chi connectivity index (χ1n) is 7.31. The van der Waals surface area contributed by atoms with Gasteiger partial charge in [0.2, 0.25) is 0 Å². The quantitative estimate of drug-likeness (QED) is 0.805. The molecule has 1 aliphatic heterocycles. The number of hydrogen-bond acceptors (Lipinski definition) is 5. The molecule has 2 heterocycles. The molecule has 1 aliphatic rings. The largest absolute Gasteiger partial charge is 0.313 e. The summed E-state index contributed by atoms with van der Waals surface area (Å²) in [5, 5.41) is 3.43. The van der Waals surface area contributed by atoms with Crippen LogP contribution in [0.3, 0.4) is 0 Å². The van der Waals surface area contributed by atoms with E-state index in [0.717, 1.165) is 36.6 Å². The molecule has 5 nitrogen and oxygen atoms in total. The summed E-state index contributed by atoms with van der Waals surface area (Å²) in [5.74, 6) is 1.70. The molecule has 0 spiro atoms. The minimum Gasteiger partial charge on any atom is -0.313 e. The molecule has 1 fully saturated rings. The summed E-state index contributed by atoms with van der Waals surface area (Å²) in [4.78, 5) is 4.16. The molecule has 0 aliphatic carbocycles. The first-order chi connectivity index (χ1) is 10.1. The minimum absolute atomic E-state index is 0.0291. The highest BCUT2D eigenvalue weighted by atomic mass is 32.2. The van der Waals surface area contributed by atoms with Crippen molar-refractivity contribution in [1.29, 1.82) is 0 Å². The lowest BCUT2D eigenvalue weighted by Gasteiger charge is -2.31. The summed E-state index contributed by atoms with van der Waals surface area (Å²) < 4.78 is 26.8. The van der Waals surface area contributed by atoms with Gasteiger partial charge in [-0.3, -0.25) is 0 Å². The van der Waals surface area contributed by atoms with Crippen LogP contribution in [0.4, 0.5) is 0 Å². The standard InChI is InChI=1S/C14H23N3O2S2/c1-3-6-15-9-13-4-5-14(16-10-13)21(18,19)17-7-8-20-11-12(17)2/h4-5,10,12,15H,3,6-9,11H2,1-2H3. The van der Waals surface area contributed by atoms with Crippen molar-refractivity contribution in [1.82, 2.24) is 14.6 Å². The molecular formula is C14H23N3O2S2. The van der Waals surface area contributed by atoms with Gasteiger partial charge in [0.15, 0.2) is 5.03 Å². The van der Waals surface area contributed by atoms with Crippen molar-refractivity contribution in [3.63, 3.8) is 0 Å². The molecule has 7 heteroatoms. The molecule has 0 saturated carbocycles. The van der Waals surface area contributed by atoms with E-state index in [2.05, 4.69) is 17.2 Å². The van der Waals surface area contributed by atoms with Gasteiger partial charge in [0, 0.05) is 36.8 Å². The Kier molecular flexibility index (Phi) is 6.04. The molecule has 1 unspecified atom stereocenters. The summed E-state index contributed by atoms with van der Waals surface area (Å²) in [6.07, 6.45) is 2.73. The highest BCUT2D eigenvalue weighted by Crippen LogP contribution is 2.23. The van der Waals surface area contributed by atoms with Crippen LogP contribution in [0.15, 0.2) is 23.4 Å². The van der Waals surface area contributed by atoms with Gasteiger partial charge < -0.3 is 5.32 Å². The van der Waals surface area contributed by atoms with E-state index in [1.165, 1.54) is 0 Å². The fraction of sp³-hybridized carbons (Fsp3) is 0.643. The molecule has 1 atom stereocenters. The summed E-state index contributed by atoms with van der Waals surface area (Å²) in [5.41, 5.74) is 1.00. The van der Waals surface area contributed by atoms with Crippen molar-refractivity contribution >= 4 is 21.8 Å². The molecule has 0 bridgehead atoms. The number of aromatic nitrogens is 1. The molecule has 1 aromatic heterocycles. The topological polar surface area (TPSA) is 62.3 Å². The zero-order chi connectivity index (χ0) is 15.3. The molecular weight excluding hydrogens is 306 g/mol. The van der Waals surface area contributed by atoms with Crippen LogP contribution in [0.1, 0.15) is 25.8 Å². The van der Waals surface area contributed by atoms with Crippen molar-refractivity contribution < 1.29 is 8.42 Å². The number of pyridine rings is 1. The van der Waals surface area contributed by atoms with Crippen molar-refractivity contribution in [3.8, 4) is 0 Å². The van der Waals surface area contributed by atoms with Crippen LogP contribution in [0.25, 0.3) is 0 Å². The molecule has 0 aromatic carbocycles. The van der Waals surface area contributed by atoms with Gasteiger partial charge in [0.05, 0.1) is 0 Å². The van der Waals surface area contributed by atoms with Crippen LogP contribution in [0, 0.1) is 0 Å². The van der Waals surface area contributed by atoms with Gasteiger partial charge in [0.1, 0.15) is 0 Å². The average molecular weight is 329 g/mol. The third kappa shape index (κ3) is 4.18. The van der Waals surface area contributed by atoms with Crippen LogP contribution >= 0.6 is 11.8 Å². The highest BCUT2D eigenvalue weighted by Gasteiger charge is 2.32. The lowest BCUT2D eigenvalue weighted by atomic mass is 10.3. The molecule has 0 amide bonds. The number of hydrogen-bond donors (Lipinski definition) is 1. The van der Waals surface area contributed by atoms with Gasteiger partial charge in [-0.1, -0.05) is 13.0 Å². The molecule has 1 saturated heterocycles. The molecule has 1 N–H and O–H groups in total. The van der Waals surface area contributed by atoms with Crippen LogP contribution < -0.4 is 5.32 Å². The van der Waals surface area contributed by atoms with E-state index in [1.807, 2.05) is 13.0 Å². The predicted molar refractivity (Wildman–Crippen MR) is 86.9 cm³/mol. The number of nitrogens with zero attached hydrogens (tertiary/aromatic N) is 2. The Morgan fingerprint density at radius 2 is 2.29 bits per heavy atom. The molecule has 0 radical (unpaired) electrons. The average Bonchev–Trinajstić information content (AvgIpc) is 2.48. The smallest absolute Gasteiger partial charge is 0.260 e.